The van der Waals surface area contributed by atoms with E-state index in [1.54, 1.807) is 0 Å². The van der Waals surface area contributed by atoms with Crippen LogP contribution in [0, 0.1) is 11.6 Å². The smallest absolute Gasteiger partial charge is 0.417 e. The molecule has 3 rings (SSSR count). The van der Waals surface area contributed by atoms with Crippen molar-refractivity contribution in [2.75, 3.05) is 19.7 Å². The topological polar surface area (TPSA) is 84.0 Å². The second-order valence-electron chi connectivity index (χ2n) is 5.53. The number of nitrogens with zero attached hydrogens (tertiary/aromatic N) is 2. The fourth-order valence-electron chi connectivity index (χ4n) is 2.84. The maximum atomic E-state index is 13.3. The number of amides is 2. The minimum absolute atomic E-state index is 0.0586. The first-order valence-electron chi connectivity index (χ1n) is 7.24. The highest BCUT2D eigenvalue weighted by Crippen LogP contribution is 2.25. The Balaban J connectivity index is 1.72. The molecule has 2 aliphatic rings. The molecule has 0 saturated carbocycles. The monoisotopic (exact) mass is 360 g/mol. The van der Waals surface area contributed by atoms with Crippen LogP contribution in [0.15, 0.2) is 23.1 Å². The first kappa shape index (κ1) is 16.8. The van der Waals surface area contributed by atoms with Crippen LogP contribution in [0.5, 0.6) is 0 Å². The number of cyclic esters (lactones) is 1. The molecule has 10 heteroatoms. The van der Waals surface area contributed by atoms with Crippen LogP contribution in [0.2, 0.25) is 0 Å². The summed E-state index contributed by atoms with van der Waals surface area (Å²) in [6.45, 7) is -0.182. The second kappa shape index (κ2) is 6.10. The van der Waals surface area contributed by atoms with Crippen LogP contribution < -0.4 is 0 Å². The van der Waals surface area contributed by atoms with Crippen LogP contribution in [-0.4, -0.2) is 55.4 Å². The number of hydrogen-bond donors (Lipinski definition) is 0. The molecule has 1 aromatic rings. The van der Waals surface area contributed by atoms with E-state index in [-0.39, 0.29) is 37.4 Å². The van der Waals surface area contributed by atoms with Crippen LogP contribution in [0.3, 0.4) is 0 Å². The molecule has 2 saturated heterocycles. The summed E-state index contributed by atoms with van der Waals surface area (Å²) in [7, 11) is -3.97. The summed E-state index contributed by atoms with van der Waals surface area (Å²) < 4.78 is 57.0. The number of carbonyl (C=O) groups is 2. The molecule has 130 valence electrons. The standard InChI is InChI=1S/C14H14F2N2O5S/c15-11-2-1-10(7-12(11)16)24(21,22)17-5-3-9(4-6-17)18-13(19)8-23-14(18)20/h1-2,7,9H,3-6,8H2. The highest BCUT2D eigenvalue weighted by Gasteiger charge is 2.40. The lowest BCUT2D eigenvalue weighted by atomic mass is 10.1. The molecule has 0 aliphatic carbocycles. The van der Waals surface area contributed by atoms with Gasteiger partial charge in [-0.25, -0.2) is 26.9 Å². The zero-order valence-electron chi connectivity index (χ0n) is 12.4. The van der Waals surface area contributed by atoms with E-state index in [1.807, 2.05) is 0 Å². The van der Waals surface area contributed by atoms with Gasteiger partial charge in [0.2, 0.25) is 10.0 Å². The minimum atomic E-state index is -3.97. The molecule has 2 fully saturated rings. The quantitative estimate of drug-likeness (QED) is 0.806. The zero-order chi connectivity index (χ0) is 17.5. The van der Waals surface area contributed by atoms with Crippen LogP contribution in [0.1, 0.15) is 12.8 Å². The maximum absolute atomic E-state index is 13.3. The van der Waals surface area contributed by atoms with Crippen molar-refractivity contribution >= 4 is 22.0 Å². The fourth-order valence-corrected chi connectivity index (χ4v) is 4.33. The lowest BCUT2D eigenvalue weighted by Gasteiger charge is -2.33. The van der Waals surface area contributed by atoms with E-state index in [9.17, 15) is 26.8 Å². The average molecular weight is 360 g/mol. The van der Waals surface area contributed by atoms with Crippen LogP contribution in [0.25, 0.3) is 0 Å². The Morgan fingerprint density at radius 3 is 2.29 bits per heavy atom. The summed E-state index contributed by atoms with van der Waals surface area (Å²) in [6, 6.07) is 1.97. The van der Waals surface area contributed by atoms with E-state index in [1.165, 1.54) is 0 Å². The van der Waals surface area contributed by atoms with Gasteiger partial charge in [-0.05, 0) is 31.0 Å². The first-order valence-corrected chi connectivity index (χ1v) is 8.69. The molecule has 0 radical (unpaired) electrons. The van der Waals surface area contributed by atoms with Gasteiger partial charge in [-0.15, -0.1) is 0 Å². The lowest BCUT2D eigenvalue weighted by molar-refractivity contribution is -0.127. The van der Waals surface area contributed by atoms with E-state index >= 15 is 0 Å². The van der Waals surface area contributed by atoms with Gasteiger partial charge in [0.1, 0.15) is 0 Å². The third-order valence-electron chi connectivity index (χ3n) is 4.10. The Hall–Kier alpha value is -2.07. The molecule has 0 unspecified atom stereocenters. The molecule has 2 aliphatic heterocycles. The molecule has 0 atom stereocenters. The van der Waals surface area contributed by atoms with E-state index in [0.29, 0.717) is 6.07 Å². The Labute approximate surface area is 136 Å². The molecule has 7 nitrogen and oxygen atoms in total. The summed E-state index contributed by atoms with van der Waals surface area (Å²) in [4.78, 5) is 23.8. The summed E-state index contributed by atoms with van der Waals surface area (Å²) in [5.41, 5.74) is 0. The number of carbonyl (C=O) groups excluding carboxylic acids is 2. The van der Waals surface area contributed by atoms with Crippen molar-refractivity contribution in [3.05, 3.63) is 29.8 Å². The van der Waals surface area contributed by atoms with Gasteiger partial charge in [-0.1, -0.05) is 0 Å². The van der Waals surface area contributed by atoms with E-state index < -0.39 is 39.7 Å². The van der Waals surface area contributed by atoms with Crippen molar-refractivity contribution in [1.29, 1.82) is 0 Å². The SMILES string of the molecule is O=C1COC(=O)N1C1CCN(S(=O)(=O)c2ccc(F)c(F)c2)CC1. The Morgan fingerprint density at radius 2 is 1.75 bits per heavy atom. The fraction of sp³-hybridized carbons (Fsp3) is 0.429. The molecular weight excluding hydrogens is 346 g/mol. The predicted octanol–water partition coefficient (Wildman–Crippen LogP) is 1.10. The Morgan fingerprint density at radius 1 is 1.08 bits per heavy atom. The molecule has 24 heavy (non-hydrogen) atoms. The normalized spacial score (nSPS) is 20.5. The molecule has 0 N–H and O–H groups in total. The number of imide groups is 1. The van der Waals surface area contributed by atoms with Gasteiger partial charge in [0.05, 0.1) is 4.90 Å². The molecular formula is C14H14F2N2O5S. The third-order valence-corrected chi connectivity index (χ3v) is 6.00. The van der Waals surface area contributed by atoms with Crippen molar-refractivity contribution in [3.8, 4) is 0 Å². The van der Waals surface area contributed by atoms with Gasteiger partial charge in [0.25, 0.3) is 5.91 Å². The number of halogens is 2. The van der Waals surface area contributed by atoms with E-state index in [2.05, 4.69) is 4.74 Å². The number of sulfonamides is 1. The molecule has 2 amide bonds. The van der Waals surface area contributed by atoms with Gasteiger partial charge < -0.3 is 4.74 Å². The predicted molar refractivity (Wildman–Crippen MR) is 76.3 cm³/mol. The van der Waals surface area contributed by atoms with Crippen LogP contribution in [-0.2, 0) is 19.6 Å². The lowest BCUT2D eigenvalue weighted by Crippen LogP contribution is -2.48. The van der Waals surface area contributed by atoms with Crippen LogP contribution >= 0.6 is 0 Å². The van der Waals surface area contributed by atoms with Crippen molar-refractivity contribution in [1.82, 2.24) is 9.21 Å². The van der Waals surface area contributed by atoms with E-state index in [4.69, 9.17) is 0 Å². The Kier molecular flexibility index (Phi) is 4.26. The average Bonchev–Trinajstić information content (AvgIpc) is 2.89. The highest BCUT2D eigenvalue weighted by atomic mass is 32.2. The third kappa shape index (κ3) is 2.86. The summed E-state index contributed by atoms with van der Waals surface area (Å²) in [6.07, 6.45) is -0.213. The number of rotatable bonds is 3. The number of piperidine rings is 1. The van der Waals surface area contributed by atoms with Crippen molar-refractivity contribution in [2.45, 2.75) is 23.8 Å². The molecule has 0 bridgehead atoms. The maximum Gasteiger partial charge on any atom is 0.417 e. The summed E-state index contributed by atoms with van der Waals surface area (Å²) in [5, 5.41) is 0. The number of benzene rings is 1. The second-order valence-corrected chi connectivity index (χ2v) is 7.47. The van der Waals surface area contributed by atoms with Crippen molar-refractivity contribution in [2.24, 2.45) is 0 Å². The largest absolute Gasteiger partial charge is 0.439 e. The molecule has 0 spiro atoms. The Bertz CT molecular complexity index is 774. The van der Waals surface area contributed by atoms with Crippen molar-refractivity contribution in [3.63, 3.8) is 0 Å². The first-order chi connectivity index (χ1) is 11.3. The molecule has 2 heterocycles. The minimum Gasteiger partial charge on any atom is -0.439 e. The molecule has 0 aromatic heterocycles. The number of hydrogen-bond acceptors (Lipinski definition) is 5. The van der Waals surface area contributed by atoms with Crippen molar-refractivity contribution < 1.29 is 31.5 Å². The summed E-state index contributed by atoms with van der Waals surface area (Å²) >= 11 is 0. The van der Waals surface area contributed by atoms with Gasteiger partial charge in [0, 0.05) is 19.1 Å². The van der Waals surface area contributed by atoms with Crippen LogP contribution in [0.4, 0.5) is 13.6 Å². The highest BCUT2D eigenvalue weighted by molar-refractivity contribution is 7.89. The summed E-state index contributed by atoms with van der Waals surface area (Å²) in [5.74, 6) is -2.81. The number of ether oxygens (including phenoxy) is 1. The van der Waals surface area contributed by atoms with Gasteiger partial charge >= 0.3 is 6.09 Å². The zero-order valence-corrected chi connectivity index (χ0v) is 13.3. The van der Waals surface area contributed by atoms with Gasteiger partial charge in [-0.3, -0.25) is 4.79 Å². The van der Waals surface area contributed by atoms with Gasteiger partial charge in [0.15, 0.2) is 18.2 Å². The van der Waals surface area contributed by atoms with Gasteiger partial charge in [-0.2, -0.15) is 4.31 Å². The molecule has 1 aromatic carbocycles. The van der Waals surface area contributed by atoms with E-state index in [0.717, 1.165) is 21.3 Å².